The van der Waals surface area contributed by atoms with Crippen LogP contribution >= 0.6 is 15.9 Å². The third kappa shape index (κ3) is 3.17. The molecule has 0 bridgehead atoms. The molecule has 1 aromatic carbocycles. The summed E-state index contributed by atoms with van der Waals surface area (Å²) in [7, 11) is 3.38. The van der Waals surface area contributed by atoms with Gasteiger partial charge in [0.25, 0.3) is 11.5 Å². The van der Waals surface area contributed by atoms with E-state index in [2.05, 4.69) is 15.9 Å². The molecule has 5 heteroatoms. The monoisotopic (exact) mass is 334 g/mol. The normalized spacial score (nSPS) is 10.3. The van der Waals surface area contributed by atoms with Gasteiger partial charge in [-0.25, -0.2) is 0 Å². The molecule has 20 heavy (non-hydrogen) atoms. The zero-order valence-electron chi connectivity index (χ0n) is 11.3. The molecular weight excluding hydrogens is 320 g/mol. The van der Waals surface area contributed by atoms with Crippen LogP contribution in [0.15, 0.2) is 51.9 Å². The Morgan fingerprint density at radius 1 is 1.30 bits per heavy atom. The van der Waals surface area contributed by atoms with Crippen LogP contribution in [0.4, 0.5) is 0 Å². The van der Waals surface area contributed by atoms with Crippen LogP contribution < -0.4 is 5.56 Å². The molecule has 2 rings (SSSR count). The Balaban J connectivity index is 2.18. The van der Waals surface area contributed by atoms with E-state index in [0.29, 0.717) is 12.1 Å². The van der Waals surface area contributed by atoms with Crippen LogP contribution in [0.1, 0.15) is 15.9 Å². The number of nitrogens with zero attached hydrogens (tertiary/aromatic N) is 2. The maximum absolute atomic E-state index is 12.3. The Labute approximate surface area is 125 Å². The summed E-state index contributed by atoms with van der Waals surface area (Å²) in [5, 5.41) is 0. The lowest BCUT2D eigenvalue weighted by Crippen LogP contribution is -2.28. The van der Waals surface area contributed by atoms with Gasteiger partial charge in [-0.15, -0.1) is 0 Å². The number of carbonyl (C=O) groups excluding carboxylic acids is 1. The van der Waals surface area contributed by atoms with Gasteiger partial charge < -0.3 is 9.47 Å². The van der Waals surface area contributed by atoms with Crippen LogP contribution in [0.2, 0.25) is 0 Å². The zero-order chi connectivity index (χ0) is 14.7. The average molecular weight is 335 g/mol. The predicted octanol–water partition coefficient (Wildman–Crippen LogP) is 2.42. The van der Waals surface area contributed by atoms with Gasteiger partial charge in [0.1, 0.15) is 0 Å². The number of aryl methyl sites for hydroxylation is 1. The van der Waals surface area contributed by atoms with E-state index in [1.54, 1.807) is 31.3 Å². The Morgan fingerprint density at radius 2 is 2.00 bits per heavy atom. The Bertz CT molecular complexity index is 694. The van der Waals surface area contributed by atoms with Crippen molar-refractivity contribution in [2.24, 2.45) is 7.05 Å². The summed E-state index contributed by atoms with van der Waals surface area (Å²) in [5.74, 6) is -0.168. The molecule has 0 N–H and O–H groups in total. The Kier molecular flexibility index (Phi) is 4.39. The van der Waals surface area contributed by atoms with Gasteiger partial charge >= 0.3 is 0 Å². The first-order valence-corrected chi connectivity index (χ1v) is 6.94. The van der Waals surface area contributed by atoms with E-state index < -0.39 is 0 Å². The van der Waals surface area contributed by atoms with E-state index in [0.717, 1.165) is 10.0 Å². The molecule has 0 spiro atoms. The molecule has 0 saturated heterocycles. The lowest BCUT2D eigenvalue weighted by Gasteiger charge is -2.18. The van der Waals surface area contributed by atoms with Gasteiger partial charge in [-0.05, 0) is 17.7 Å². The summed E-state index contributed by atoms with van der Waals surface area (Å²) in [6.45, 7) is 0.482. The molecule has 0 aliphatic carbocycles. The SMILES string of the molecule is CN(Cc1ccccc1Br)C(=O)c1ccn(C)c(=O)c1. The molecule has 1 aromatic heterocycles. The summed E-state index contributed by atoms with van der Waals surface area (Å²) < 4.78 is 2.40. The molecule has 4 nitrogen and oxygen atoms in total. The second-order valence-electron chi connectivity index (χ2n) is 4.62. The molecule has 0 aliphatic rings. The van der Waals surface area contributed by atoms with Crippen LogP contribution in [-0.2, 0) is 13.6 Å². The van der Waals surface area contributed by atoms with Gasteiger partial charge in [0.2, 0.25) is 0 Å². The van der Waals surface area contributed by atoms with Crippen LogP contribution in [0.3, 0.4) is 0 Å². The van der Waals surface area contributed by atoms with Crippen molar-refractivity contribution in [1.82, 2.24) is 9.47 Å². The molecule has 0 aliphatic heterocycles. The highest BCUT2D eigenvalue weighted by atomic mass is 79.9. The second-order valence-corrected chi connectivity index (χ2v) is 5.47. The van der Waals surface area contributed by atoms with E-state index in [9.17, 15) is 9.59 Å². The number of halogens is 1. The first kappa shape index (κ1) is 14.5. The second kappa shape index (κ2) is 6.05. The van der Waals surface area contributed by atoms with Gasteiger partial charge in [0.05, 0.1) is 0 Å². The maximum Gasteiger partial charge on any atom is 0.254 e. The number of hydrogen-bond donors (Lipinski definition) is 0. The minimum Gasteiger partial charge on any atom is -0.337 e. The molecule has 0 unspecified atom stereocenters. The Morgan fingerprint density at radius 3 is 2.65 bits per heavy atom. The molecule has 1 amide bonds. The van der Waals surface area contributed by atoms with Crippen molar-refractivity contribution in [3.63, 3.8) is 0 Å². The van der Waals surface area contributed by atoms with Crippen molar-refractivity contribution in [3.8, 4) is 0 Å². The van der Waals surface area contributed by atoms with E-state index >= 15 is 0 Å². The number of rotatable bonds is 3. The molecule has 0 fully saturated rings. The molecular formula is C15H15BrN2O2. The first-order chi connectivity index (χ1) is 9.49. The van der Waals surface area contributed by atoms with Gasteiger partial charge in [-0.2, -0.15) is 0 Å². The van der Waals surface area contributed by atoms with E-state index in [1.165, 1.54) is 10.6 Å². The third-order valence-corrected chi connectivity index (χ3v) is 3.84. The number of aromatic nitrogens is 1. The highest BCUT2D eigenvalue weighted by Crippen LogP contribution is 2.18. The number of benzene rings is 1. The summed E-state index contributed by atoms with van der Waals surface area (Å²) in [5.41, 5.74) is 1.24. The van der Waals surface area contributed by atoms with Crippen molar-refractivity contribution < 1.29 is 4.79 Å². The standard InChI is InChI=1S/C15H15BrN2O2/c1-17-8-7-11(9-14(17)19)15(20)18(2)10-12-5-3-4-6-13(12)16/h3-9H,10H2,1-2H3. The topological polar surface area (TPSA) is 42.3 Å². The molecule has 0 atom stereocenters. The summed E-state index contributed by atoms with van der Waals surface area (Å²) in [6.07, 6.45) is 1.60. The fourth-order valence-electron chi connectivity index (χ4n) is 1.86. The summed E-state index contributed by atoms with van der Waals surface area (Å²) in [6, 6.07) is 10.8. The number of amides is 1. The van der Waals surface area contributed by atoms with Gasteiger partial charge in [0, 0.05) is 42.9 Å². The van der Waals surface area contributed by atoms with Crippen LogP contribution in [0.5, 0.6) is 0 Å². The van der Waals surface area contributed by atoms with Crippen LogP contribution in [0.25, 0.3) is 0 Å². The highest BCUT2D eigenvalue weighted by Gasteiger charge is 2.13. The predicted molar refractivity (Wildman–Crippen MR) is 81.6 cm³/mol. The lowest BCUT2D eigenvalue weighted by atomic mass is 10.2. The minimum absolute atomic E-state index is 0.168. The average Bonchev–Trinajstić information content (AvgIpc) is 2.43. The third-order valence-electron chi connectivity index (χ3n) is 3.06. The molecule has 0 saturated carbocycles. The number of pyridine rings is 1. The van der Waals surface area contributed by atoms with Gasteiger partial charge in [-0.3, -0.25) is 9.59 Å². The van der Waals surface area contributed by atoms with Crippen molar-refractivity contribution in [1.29, 1.82) is 0 Å². The van der Waals surface area contributed by atoms with E-state index in [-0.39, 0.29) is 11.5 Å². The van der Waals surface area contributed by atoms with Crippen molar-refractivity contribution >= 4 is 21.8 Å². The van der Waals surface area contributed by atoms with Crippen LogP contribution in [-0.4, -0.2) is 22.4 Å². The van der Waals surface area contributed by atoms with Crippen molar-refractivity contribution in [2.45, 2.75) is 6.54 Å². The van der Waals surface area contributed by atoms with Crippen LogP contribution in [0, 0.1) is 0 Å². The largest absolute Gasteiger partial charge is 0.337 e. The molecule has 2 aromatic rings. The smallest absolute Gasteiger partial charge is 0.254 e. The van der Waals surface area contributed by atoms with Crippen molar-refractivity contribution in [2.75, 3.05) is 7.05 Å². The Hall–Kier alpha value is -1.88. The lowest BCUT2D eigenvalue weighted by molar-refractivity contribution is 0.0784. The van der Waals surface area contributed by atoms with Gasteiger partial charge in [0.15, 0.2) is 0 Å². The highest BCUT2D eigenvalue weighted by molar-refractivity contribution is 9.10. The summed E-state index contributed by atoms with van der Waals surface area (Å²) >= 11 is 3.46. The zero-order valence-corrected chi connectivity index (χ0v) is 12.9. The van der Waals surface area contributed by atoms with Gasteiger partial charge in [-0.1, -0.05) is 34.1 Å². The first-order valence-electron chi connectivity index (χ1n) is 6.14. The number of hydrogen-bond acceptors (Lipinski definition) is 2. The van der Waals surface area contributed by atoms with Crippen molar-refractivity contribution in [3.05, 3.63) is 68.5 Å². The minimum atomic E-state index is -0.190. The number of carbonyl (C=O) groups is 1. The molecule has 0 radical (unpaired) electrons. The van der Waals surface area contributed by atoms with E-state index in [4.69, 9.17) is 0 Å². The molecule has 1 heterocycles. The quantitative estimate of drug-likeness (QED) is 0.865. The fraction of sp³-hybridized carbons (Fsp3) is 0.200. The van der Waals surface area contributed by atoms with E-state index in [1.807, 2.05) is 24.3 Å². The molecule has 104 valence electrons. The fourth-order valence-corrected chi connectivity index (χ4v) is 2.27. The summed E-state index contributed by atoms with van der Waals surface area (Å²) in [4.78, 5) is 25.4. The maximum atomic E-state index is 12.3.